The lowest BCUT2D eigenvalue weighted by Crippen LogP contribution is -2.05. The van der Waals surface area contributed by atoms with Crippen LogP contribution in [0.3, 0.4) is 0 Å². The Balaban J connectivity index is 0.000000514. The van der Waals surface area contributed by atoms with Crippen molar-refractivity contribution < 1.29 is 4.74 Å². The third-order valence-corrected chi connectivity index (χ3v) is 2.83. The van der Waals surface area contributed by atoms with E-state index in [0.717, 1.165) is 28.3 Å². The maximum atomic E-state index is 5.66. The summed E-state index contributed by atoms with van der Waals surface area (Å²) in [5, 5.41) is 0. The van der Waals surface area contributed by atoms with Crippen molar-refractivity contribution in [2.45, 2.75) is 27.4 Å². The Bertz CT molecular complexity index is 534. The molecule has 1 aromatic carbocycles. The summed E-state index contributed by atoms with van der Waals surface area (Å²) in [5.74, 6) is 0.930. The zero-order chi connectivity index (χ0) is 12.4. The number of aromatic nitrogens is 2. The number of H-pyrrole nitrogens is 1. The number of hydrogen-bond acceptors (Lipinski definition) is 2. The van der Waals surface area contributed by atoms with Crippen molar-refractivity contribution >= 4 is 14.8 Å². The smallest absolute Gasteiger partial charge is 0.130 e. The number of aryl methyl sites for hydroxylation is 1. The second-order valence-electron chi connectivity index (χ2n) is 3.74. The fraction of sp³-hybridized carbons (Fsp3) is 0.308. The molecule has 1 aliphatic heterocycles. The van der Waals surface area contributed by atoms with E-state index in [2.05, 4.69) is 44.3 Å². The van der Waals surface area contributed by atoms with Crippen LogP contribution in [-0.4, -0.2) is 9.97 Å². The van der Waals surface area contributed by atoms with Crippen molar-refractivity contribution in [1.29, 1.82) is 0 Å². The summed E-state index contributed by atoms with van der Waals surface area (Å²) < 4.78 is 5.66. The number of rotatable bonds is 0. The van der Waals surface area contributed by atoms with Crippen LogP contribution in [0.15, 0.2) is 18.2 Å². The summed E-state index contributed by atoms with van der Waals surface area (Å²) in [6, 6.07) is 6.19. The summed E-state index contributed by atoms with van der Waals surface area (Å²) in [5.41, 5.74) is 5.21. The van der Waals surface area contributed by atoms with Crippen LogP contribution in [0.1, 0.15) is 25.1 Å². The molecule has 1 atom stereocenters. The van der Waals surface area contributed by atoms with Crippen LogP contribution in [0.4, 0.5) is 0 Å². The zero-order valence-corrected chi connectivity index (χ0v) is 11.5. The quantitative estimate of drug-likeness (QED) is 0.728. The van der Waals surface area contributed by atoms with E-state index in [1.165, 1.54) is 5.56 Å². The minimum atomic E-state index is 0.577. The number of aromatic amines is 1. The highest BCUT2D eigenvalue weighted by molar-refractivity contribution is 7.26. The molecule has 17 heavy (non-hydrogen) atoms. The lowest BCUT2D eigenvalue weighted by atomic mass is 10.1. The van der Waals surface area contributed by atoms with E-state index in [0.29, 0.717) is 6.61 Å². The molecular weight excluding hydrogens is 231 g/mol. The number of nitrogens with one attached hydrogen (secondary N) is 1. The molecule has 0 radical (unpaired) electrons. The van der Waals surface area contributed by atoms with E-state index in [1.54, 1.807) is 0 Å². The number of nitrogens with zero attached hydrogens (tertiary/aromatic N) is 1. The Morgan fingerprint density at radius 3 is 2.88 bits per heavy atom. The van der Waals surface area contributed by atoms with Crippen molar-refractivity contribution in [2.24, 2.45) is 0 Å². The van der Waals surface area contributed by atoms with Gasteiger partial charge in [0.15, 0.2) is 0 Å². The van der Waals surface area contributed by atoms with Gasteiger partial charge in [0.2, 0.25) is 0 Å². The van der Waals surface area contributed by atoms with Crippen LogP contribution in [-0.2, 0) is 6.61 Å². The number of benzene rings is 1. The number of imidazole rings is 1. The van der Waals surface area contributed by atoms with Crippen molar-refractivity contribution in [3.8, 4) is 17.0 Å². The molecule has 0 bridgehead atoms. The van der Waals surface area contributed by atoms with Gasteiger partial charge in [-0.25, -0.2) is 4.98 Å². The normalized spacial score (nSPS) is 11.8. The molecule has 0 fully saturated rings. The first kappa shape index (κ1) is 12.1. The molecule has 1 unspecified atom stereocenters. The Labute approximate surface area is 104 Å². The van der Waals surface area contributed by atoms with E-state index < -0.39 is 0 Å². The van der Waals surface area contributed by atoms with E-state index >= 15 is 0 Å². The minimum Gasteiger partial charge on any atom is -0.487 e. The highest BCUT2D eigenvalue weighted by atomic mass is 31.0. The van der Waals surface area contributed by atoms with Gasteiger partial charge < -0.3 is 9.72 Å². The highest BCUT2D eigenvalue weighted by Gasteiger charge is 2.20. The van der Waals surface area contributed by atoms with Crippen molar-refractivity contribution in [2.75, 3.05) is 0 Å². The Hall–Kier alpha value is -1.34. The van der Waals surface area contributed by atoms with E-state index in [9.17, 15) is 0 Å². The zero-order valence-electron chi connectivity index (χ0n) is 10.4. The van der Waals surface area contributed by atoms with E-state index in [4.69, 9.17) is 4.74 Å². The van der Waals surface area contributed by atoms with Crippen LogP contribution in [0.5, 0.6) is 5.75 Å². The lowest BCUT2D eigenvalue weighted by molar-refractivity contribution is 0.298. The van der Waals surface area contributed by atoms with Gasteiger partial charge in [0, 0.05) is 5.56 Å². The molecule has 3 nitrogen and oxygen atoms in total. The molecule has 0 aliphatic carbocycles. The second-order valence-corrected chi connectivity index (χ2v) is 4.28. The molecule has 90 valence electrons. The average Bonchev–Trinajstić information content (AvgIpc) is 2.72. The highest BCUT2D eigenvalue weighted by Crippen LogP contribution is 2.35. The summed E-state index contributed by atoms with van der Waals surface area (Å²) in [4.78, 5) is 7.63. The minimum absolute atomic E-state index is 0.577. The molecule has 0 saturated heterocycles. The predicted molar refractivity (Wildman–Crippen MR) is 73.8 cm³/mol. The molecule has 0 amide bonds. The Morgan fingerprint density at radius 1 is 1.35 bits per heavy atom. The Kier molecular flexibility index (Phi) is 3.49. The van der Waals surface area contributed by atoms with E-state index in [1.807, 2.05) is 13.8 Å². The fourth-order valence-corrected chi connectivity index (χ4v) is 2.15. The van der Waals surface area contributed by atoms with Crippen molar-refractivity contribution in [3.63, 3.8) is 0 Å². The molecule has 0 spiro atoms. The molecular formula is C13H17N2OP. The summed E-state index contributed by atoms with van der Waals surface area (Å²) in [7, 11) is 2.57. The predicted octanol–water partition coefficient (Wildman–Crippen LogP) is 2.80. The van der Waals surface area contributed by atoms with Gasteiger partial charge in [-0.15, -0.1) is 0 Å². The Morgan fingerprint density at radius 2 is 2.12 bits per heavy atom. The van der Waals surface area contributed by atoms with Crippen LogP contribution in [0.2, 0.25) is 0 Å². The lowest BCUT2D eigenvalue weighted by Gasteiger charge is -2.16. The van der Waals surface area contributed by atoms with Gasteiger partial charge in [0.1, 0.15) is 17.9 Å². The first-order chi connectivity index (χ1) is 8.24. The molecule has 2 aromatic rings. The number of fused-ring (bicyclic) bond motifs is 3. The van der Waals surface area contributed by atoms with Gasteiger partial charge in [-0.1, -0.05) is 29.2 Å². The van der Waals surface area contributed by atoms with Crippen LogP contribution in [0, 0.1) is 6.92 Å². The number of ether oxygens (including phenoxy) is 1. The van der Waals surface area contributed by atoms with Crippen LogP contribution in [0.25, 0.3) is 11.3 Å². The average molecular weight is 248 g/mol. The van der Waals surface area contributed by atoms with Crippen LogP contribution < -0.4 is 10.3 Å². The SMILES string of the molecule is CC.Cc1ccc2c(c1)OCc1[nH]c(P)nc1-2. The molecule has 1 aliphatic rings. The van der Waals surface area contributed by atoms with Gasteiger partial charge in [0.25, 0.3) is 0 Å². The molecule has 1 N–H and O–H groups in total. The van der Waals surface area contributed by atoms with Gasteiger partial charge in [-0.2, -0.15) is 0 Å². The third-order valence-electron chi connectivity index (χ3n) is 2.56. The molecule has 4 heteroatoms. The molecule has 2 heterocycles. The fourth-order valence-electron chi connectivity index (χ4n) is 1.85. The summed E-state index contributed by atoms with van der Waals surface area (Å²) in [6.07, 6.45) is 0. The summed E-state index contributed by atoms with van der Waals surface area (Å²) in [6.45, 7) is 6.64. The van der Waals surface area contributed by atoms with Gasteiger partial charge in [-0.05, 0) is 24.6 Å². The van der Waals surface area contributed by atoms with Crippen molar-refractivity contribution in [3.05, 3.63) is 29.5 Å². The maximum absolute atomic E-state index is 5.66. The maximum Gasteiger partial charge on any atom is 0.130 e. The third kappa shape index (κ3) is 2.20. The molecule has 1 aromatic heterocycles. The first-order valence-corrected chi connectivity index (χ1v) is 6.40. The standard InChI is InChI=1S/C11H11N2OP.C2H6/c1-6-2-3-7-9(4-6)14-5-8-10(7)13-11(15)12-8;1-2/h2-4H,5,15H2,1H3,(H,12,13);1-2H3. The van der Waals surface area contributed by atoms with Gasteiger partial charge in [-0.3, -0.25) is 0 Å². The molecule has 3 rings (SSSR count). The van der Waals surface area contributed by atoms with Gasteiger partial charge in [0.05, 0.1) is 11.4 Å². The first-order valence-electron chi connectivity index (χ1n) is 5.82. The summed E-state index contributed by atoms with van der Waals surface area (Å²) >= 11 is 0. The van der Waals surface area contributed by atoms with Crippen molar-refractivity contribution in [1.82, 2.24) is 9.97 Å². The topological polar surface area (TPSA) is 37.9 Å². The van der Waals surface area contributed by atoms with Gasteiger partial charge >= 0.3 is 0 Å². The second kappa shape index (κ2) is 4.89. The number of hydrogen-bond donors (Lipinski definition) is 1. The largest absolute Gasteiger partial charge is 0.487 e. The van der Waals surface area contributed by atoms with E-state index in [-0.39, 0.29) is 0 Å². The van der Waals surface area contributed by atoms with Crippen LogP contribution >= 0.6 is 9.24 Å². The monoisotopic (exact) mass is 248 g/mol. The molecule has 0 saturated carbocycles.